The monoisotopic (exact) mass is 376 g/mol. The highest BCUT2D eigenvalue weighted by atomic mass is 32.2. The van der Waals surface area contributed by atoms with Gasteiger partial charge < -0.3 is 9.84 Å². The van der Waals surface area contributed by atoms with Gasteiger partial charge in [-0.3, -0.25) is 0 Å². The van der Waals surface area contributed by atoms with E-state index in [0.717, 1.165) is 10.1 Å². The maximum atomic E-state index is 12.9. The number of carboxylic acid groups (broad SMARTS) is 1. The Morgan fingerprint density at radius 2 is 1.92 bits per heavy atom. The van der Waals surface area contributed by atoms with Crippen LogP contribution in [0.15, 0.2) is 46.7 Å². The van der Waals surface area contributed by atoms with E-state index in [0.29, 0.717) is 16.9 Å². The Bertz CT molecular complexity index is 1060. The van der Waals surface area contributed by atoms with Crippen molar-refractivity contribution in [3.8, 4) is 5.75 Å². The lowest BCUT2D eigenvalue weighted by atomic mass is 10.1. The van der Waals surface area contributed by atoms with Crippen molar-refractivity contribution >= 4 is 37.2 Å². The van der Waals surface area contributed by atoms with Crippen molar-refractivity contribution in [1.82, 2.24) is 0 Å². The fraction of sp³-hybridized carbons (Fsp3) is 0.167. The van der Waals surface area contributed by atoms with Crippen LogP contribution in [0.25, 0.3) is 10.1 Å². The van der Waals surface area contributed by atoms with Gasteiger partial charge in [0.25, 0.3) is 0 Å². The summed E-state index contributed by atoms with van der Waals surface area (Å²) in [5.74, 6) is -0.689. The predicted molar refractivity (Wildman–Crippen MR) is 97.4 cm³/mol. The molecular formula is C18H16O5S2. The highest BCUT2D eigenvalue weighted by molar-refractivity contribution is 7.93. The minimum atomic E-state index is -3.60. The third-order valence-electron chi connectivity index (χ3n) is 3.92. The molecule has 1 aromatic heterocycles. The molecule has 1 heterocycles. The molecule has 3 rings (SSSR count). The number of hydrogen-bond acceptors (Lipinski definition) is 5. The first-order valence-corrected chi connectivity index (χ1v) is 9.91. The summed E-state index contributed by atoms with van der Waals surface area (Å²) in [5.41, 5.74) is 1.21. The second-order valence-corrected chi connectivity index (χ2v) is 8.82. The zero-order valence-corrected chi connectivity index (χ0v) is 15.3. The average Bonchev–Trinajstić information content (AvgIpc) is 2.93. The average molecular weight is 376 g/mol. The van der Waals surface area contributed by atoms with Gasteiger partial charge in [-0.15, -0.1) is 11.3 Å². The zero-order valence-electron chi connectivity index (χ0n) is 13.6. The van der Waals surface area contributed by atoms with E-state index in [9.17, 15) is 13.2 Å². The second-order valence-electron chi connectivity index (χ2n) is 5.62. The van der Waals surface area contributed by atoms with Crippen LogP contribution in [0.1, 0.15) is 21.5 Å². The number of thiophene rings is 1. The normalized spacial score (nSPS) is 11.6. The number of aromatic carboxylic acids is 1. The van der Waals surface area contributed by atoms with Crippen molar-refractivity contribution < 1.29 is 23.1 Å². The molecule has 2 aromatic carbocycles. The van der Waals surface area contributed by atoms with Gasteiger partial charge in [0.1, 0.15) is 9.96 Å². The van der Waals surface area contributed by atoms with Crippen molar-refractivity contribution in [2.75, 3.05) is 7.11 Å². The fourth-order valence-electron chi connectivity index (χ4n) is 2.73. The Labute approximate surface area is 149 Å². The van der Waals surface area contributed by atoms with Gasteiger partial charge >= 0.3 is 5.97 Å². The Morgan fingerprint density at radius 1 is 1.20 bits per heavy atom. The summed E-state index contributed by atoms with van der Waals surface area (Å²) in [5, 5.41) is 9.91. The Hall–Kier alpha value is -2.38. The topological polar surface area (TPSA) is 80.7 Å². The zero-order chi connectivity index (χ0) is 18.2. The molecule has 0 aliphatic carbocycles. The molecule has 5 nitrogen and oxygen atoms in total. The first kappa shape index (κ1) is 17.4. The van der Waals surface area contributed by atoms with E-state index in [2.05, 4.69) is 0 Å². The van der Waals surface area contributed by atoms with Crippen LogP contribution in [0.2, 0.25) is 0 Å². The molecule has 0 amide bonds. The quantitative estimate of drug-likeness (QED) is 0.731. The standard InChI is InChI=1S/C18H16O5S2/c1-11-14-7-4-8-15(23-2)16(14)24-18(11)25(21,22)10-12-5-3-6-13(9-12)17(19)20/h3-9H,10H2,1-2H3,(H,19,20). The van der Waals surface area contributed by atoms with E-state index >= 15 is 0 Å². The molecule has 0 bridgehead atoms. The summed E-state index contributed by atoms with van der Waals surface area (Å²) in [6.07, 6.45) is 0. The van der Waals surface area contributed by atoms with Gasteiger partial charge in [-0.05, 0) is 36.2 Å². The third kappa shape index (κ3) is 3.25. The maximum absolute atomic E-state index is 12.9. The molecule has 0 spiro atoms. The van der Waals surface area contributed by atoms with Gasteiger partial charge in [-0.25, -0.2) is 13.2 Å². The fourth-order valence-corrected chi connectivity index (χ4v) is 6.02. The van der Waals surface area contributed by atoms with Crippen LogP contribution in [0.4, 0.5) is 0 Å². The number of benzene rings is 2. The molecule has 0 saturated carbocycles. The van der Waals surface area contributed by atoms with Crippen LogP contribution in [0.5, 0.6) is 5.75 Å². The SMILES string of the molecule is COc1cccc2c(C)c(S(=O)(=O)Cc3cccc(C(=O)O)c3)sc12. The minimum Gasteiger partial charge on any atom is -0.495 e. The third-order valence-corrected chi connectivity index (χ3v) is 7.63. The van der Waals surface area contributed by atoms with Gasteiger partial charge in [0.2, 0.25) is 0 Å². The van der Waals surface area contributed by atoms with Crippen LogP contribution in [0.3, 0.4) is 0 Å². The van der Waals surface area contributed by atoms with E-state index in [1.165, 1.54) is 23.5 Å². The van der Waals surface area contributed by atoms with Crippen LogP contribution < -0.4 is 4.74 Å². The van der Waals surface area contributed by atoms with Gasteiger partial charge in [0.05, 0.1) is 23.1 Å². The number of aryl methyl sites for hydroxylation is 1. The smallest absolute Gasteiger partial charge is 0.335 e. The first-order chi connectivity index (χ1) is 11.8. The lowest BCUT2D eigenvalue weighted by molar-refractivity contribution is 0.0696. The number of sulfone groups is 1. The summed E-state index contributed by atoms with van der Waals surface area (Å²) >= 11 is 1.18. The van der Waals surface area contributed by atoms with E-state index in [1.54, 1.807) is 32.2 Å². The number of hydrogen-bond donors (Lipinski definition) is 1. The largest absolute Gasteiger partial charge is 0.495 e. The van der Waals surface area contributed by atoms with Crippen molar-refractivity contribution in [3.05, 3.63) is 59.2 Å². The molecule has 130 valence electrons. The molecule has 0 unspecified atom stereocenters. The van der Waals surface area contributed by atoms with Crippen LogP contribution in [0, 0.1) is 6.92 Å². The van der Waals surface area contributed by atoms with E-state index < -0.39 is 15.8 Å². The molecule has 3 aromatic rings. The van der Waals surface area contributed by atoms with Gasteiger partial charge in [0, 0.05) is 5.39 Å². The first-order valence-electron chi connectivity index (χ1n) is 7.44. The summed E-state index contributed by atoms with van der Waals surface area (Å²) in [4.78, 5) is 11.1. The molecule has 25 heavy (non-hydrogen) atoms. The molecule has 0 atom stereocenters. The number of carboxylic acids is 1. The van der Waals surface area contributed by atoms with Crippen molar-refractivity contribution in [2.45, 2.75) is 16.9 Å². The highest BCUT2D eigenvalue weighted by Gasteiger charge is 2.24. The summed E-state index contributed by atoms with van der Waals surface area (Å²) < 4.78 is 32.2. The van der Waals surface area contributed by atoms with Crippen LogP contribution in [-0.2, 0) is 15.6 Å². The number of carbonyl (C=O) groups is 1. The van der Waals surface area contributed by atoms with Crippen molar-refractivity contribution in [2.24, 2.45) is 0 Å². The lowest BCUT2D eigenvalue weighted by Gasteiger charge is -2.05. The summed E-state index contributed by atoms with van der Waals surface area (Å²) in [6, 6.07) is 11.5. The molecule has 7 heteroatoms. The van der Waals surface area contributed by atoms with Crippen molar-refractivity contribution in [1.29, 1.82) is 0 Å². The Morgan fingerprint density at radius 3 is 2.60 bits per heavy atom. The summed E-state index contributed by atoms with van der Waals surface area (Å²) in [7, 11) is -2.05. The number of methoxy groups -OCH3 is 1. The lowest BCUT2D eigenvalue weighted by Crippen LogP contribution is -2.06. The maximum Gasteiger partial charge on any atom is 0.335 e. The van der Waals surface area contributed by atoms with Crippen LogP contribution >= 0.6 is 11.3 Å². The second kappa shape index (κ2) is 6.50. The van der Waals surface area contributed by atoms with E-state index in [-0.39, 0.29) is 15.5 Å². The number of ether oxygens (including phenoxy) is 1. The highest BCUT2D eigenvalue weighted by Crippen LogP contribution is 2.40. The molecular weight excluding hydrogens is 360 g/mol. The number of fused-ring (bicyclic) bond motifs is 1. The van der Waals surface area contributed by atoms with Crippen LogP contribution in [-0.4, -0.2) is 26.6 Å². The number of rotatable bonds is 5. The van der Waals surface area contributed by atoms with E-state index in [4.69, 9.17) is 9.84 Å². The Balaban J connectivity index is 2.06. The molecule has 0 saturated heterocycles. The molecule has 0 radical (unpaired) electrons. The van der Waals surface area contributed by atoms with E-state index in [1.807, 2.05) is 12.1 Å². The molecule has 0 aliphatic rings. The molecule has 1 N–H and O–H groups in total. The van der Waals surface area contributed by atoms with Gasteiger partial charge in [-0.1, -0.05) is 24.3 Å². The van der Waals surface area contributed by atoms with Gasteiger partial charge in [0.15, 0.2) is 9.84 Å². The van der Waals surface area contributed by atoms with Crippen molar-refractivity contribution in [3.63, 3.8) is 0 Å². The molecule has 0 fully saturated rings. The predicted octanol–water partition coefficient (Wildman–Crippen LogP) is 3.89. The van der Waals surface area contributed by atoms with Gasteiger partial charge in [-0.2, -0.15) is 0 Å². The molecule has 0 aliphatic heterocycles. The minimum absolute atomic E-state index is 0.0717. The summed E-state index contributed by atoms with van der Waals surface area (Å²) in [6.45, 7) is 1.78. The Kier molecular flexibility index (Phi) is 4.53.